The number of hydrogen-bond donors (Lipinski definition) is 2. The molecule has 0 unspecified atom stereocenters. The highest BCUT2D eigenvalue weighted by molar-refractivity contribution is 7.98. The molecule has 0 spiro atoms. The Morgan fingerprint density at radius 2 is 1.79 bits per heavy atom. The lowest BCUT2D eigenvalue weighted by Crippen LogP contribution is -2.23. The maximum Gasteiger partial charge on any atom is 0.255 e. The predicted octanol–water partition coefficient (Wildman–Crippen LogP) is 4.00. The number of aryl methyl sites for hydroxylation is 2. The third-order valence-electron chi connectivity index (χ3n) is 4.16. The third kappa shape index (κ3) is 5.29. The fraction of sp³-hybridized carbons (Fsp3) is 0.190. The normalized spacial score (nSPS) is 10.7. The van der Waals surface area contributed by atoms with Gasteiger partial charge in [0.25, 0.3) is 5.56 Å². The molecule has 0 aliphatic carbocycles. The van der Waals surface area contributed by atoms with Crippen molar-refractivity contribution < 1.29 is 9.18 Å². The molecule has 0 saturated heterocycles. The highest BCUT2D eigenvalue weighted by Gasteiger charge is 2.13. The summed E-state index contributed by atoms with van der Waals surface area (Å²) in [5.74, 6) is -0.00835. The lowest BCUT2D eigenvalue weighted by molar-refractivity contribution is -0.115. The van der Waals surface area contributed by atoms with Crippen molar-refractivity contribution in [2.45, 2.75) is 31.2 Å². The number of halogens is 1. The molecule has 0 atom stereocenters. The average molecular weight is 397 g/mol. The minimum atomic E-state index is -0.326. The number of carbonyl (C=O) groups is 1. The molecule has 0 saturated carbocycles. The van der Waals surface area contributed by atoms with Crippen LogP contribution in [0.1, 0.15) is 22.4 Å². The monoisotopic (exact) mass is 397 g/mol. The summed E-state index contributed by atoms with van der Waals surface area (Å²) in [5.41, 5.74) is 3.24. The SMILES string of the molecule is Cc1ccc(NC(=O)Cc2c(C)nc(SCc3ccc(F)cc3)[nH]c2=O)cc1. The highest BCUT2D eigenvalue weighted by Crippen LogP contribution is 2.19. The summed E-state index contributed by atoms with van der Waals surface area (Å²) in [6.07, 6.45) is -0.0506. The van der Waals surface area contributed by atoms with Crippen molar-refractivity contribution >= 4 is 23.4 Å². The van der Waals surface area contributed by atoms with E-state index < -0.39 is 0 Å². The molecule has 1 aromatic heterocycles. The molecule has 2 aromatic carbocycles. The van der Waals surface area contributed by atoms with Crippen LogP contribution < -0.4 is 10.9 Å². The summed E-state index contributed by atoms with van der Waals surface area (Å²) in [6, 6.07) is 13.6. The Hall–Kier alpha value is -2.93. The number of amides is 1. The third-order valence-corrected chi connectivity index (χ3v) is 5.11. The van der Waals surface area contributed by atoms with Crippen LogP contribution in [0.5, 0.6) is 0 Å². The van der Waals surface area contributed by atoms with Crippen LogP contribution in [0.2, 0.25) is 0 Å². The van der Waals surface area contributed by atoms with Crippen LogP contribution in [0.15, 0.2) is 58.5 Å². The molecule has 5 nitrogen and oxygen atoms in total. The standard InChI is InChI=1S/C21H20FN3O2S/c1-13-3-9-17(10-4-13)24-19(26)11-18-14(2)23-21(25-20(18)27)28-12-15-5-7-16(22)8-6-15/h3-10H,11-12H2,1-2H3,(H,24,26)(H,23,25,27). The number of aromatic nitrogens is 2. The van der Waals surface area contributed by atoms with Gasteiger partial charge in [0.05, 0.1) is 6.42 Å². The van der Waals surface area contributed by atoms with E-state index in [9.17, 15) is 14.0 Å². The van der Waals surface area contributed by atoms with Gasteiger partial charge in [-0.05, 0) is 43.7 Å². The van der Waals surface area contributed by atoms with Gasteiger partial charge in [-0.3, -0.25) is 9.59 Å². The molecule has 0 aliphatic rings. The van der Waals surface area contributed by atoms with Gasteiger partial charge in [-0.15, -0.1) is 0 Å². The number of nitrogens with one attached hydrogen (secondary N) is 2. The second kappa shape index (κ2) is 8.84. The van der Waals surface area contributed by atoms with Gasteiger partial charge in [-0.2, -0.15) is 0 Å². The first kappa shape index (κ1) is 19.8. The maximum absolute atomic E-state index is 13.0. The van der Waals surface area contributed by atoms with Gasteiger partial charge in [0.1, 0.15) is 5.82 Å². The molecular weight excluding hydrogens is 377 g/mol. The molecule has 1 heterocycles. The van der Waals surface area contributed by atoms with Gasteiger partial charge in [0.15, 0.2) is 5.16 Å². The second-order valence-corrected chi connectivity index (χ2v) is 7.41. The maximum atomic E-state index is 13.0. The first-order valence-corrected chi connectivity index (χ1v) is 9.73. The Kier molecular flexibility index (Phi) is 6.26. The summed E-state index contributed by atoms with van der Waals surface area (Å²) >= 11 is 1.35. The topological polar surface area (TPSA) is 74.8 Å². The molecular formula is C21H20FN3O2S. The van der Waals surface area contributed by atoms with Crippen LogP contribution >= 0.6 is 11.8 Å². The van der Waals surface area contributed by atoms with Crippen LogP contribution in [0.25, 0.3) is 0 Å². The van der Waals surface area contributed by atoms with E-state index in [0.29, 0.717) is 27.9 Å². The first-order valence-electron chi connectivity index (χ1n) is 8.74. The molecule has 3 rings (SSSR count). The number of benzene rings is 2. The van der Waals surface area contributed by atoms with Gasteiger partial charge < -0.3 is 10.3 Å². The number of aromatic amines is 1. The Morgan fingerprint density at radius 1 is 1.11 bits per heavy atom. The van der Waals surface area contributed by atoms with E-state index >= 15 is 0 Å². The quantitative estimate of drug-likeness (QED) is 0.487. The van der Waals surface area contributed by atoms with Crippen molar-refractivity contribution in [3.05, 3.63) is 87.1 Å². The number of anilines is 1. The Morgan fingerprint density at radius 3 is 2.43 bits per heavy atom. The van der Waals surface area contributed by atoms with Gasteiger partial charge >= 0.3 is 0 Å². The summed E-state index contributed by atoms with van der Waals surface area (Å²) in [6.45, 7) is 3.68. The minimum Gasteiger partial charge on any atom is -0.326 e. The zero-order valence-corrected chi connectivity index (χ0v) is 16.4. The molecule has 0 fully saturated rings. The molecule has 2 N–H and O–H groups in total. The molecule has 0 aliphatic heterocycles. The lowest BCUT2D eigenvalue weighted by Gasteiger charge is -2.08. The van der Waals surface area contributed by atoms with E-state index in [2.05, 4.69) is 15.3 Å². The first-order chi connectivity index (χ1) is 13.4. The molecule has 28 heavy (non-hydrogen) atoms. The van der Waals surface area contributed by atoms with E-state index in [4.69, 9.17) is 0 Å². The number of rotatable bonds is 6. The zero-order valence-electron chi connectivity index (χ0n) is 15.6. The summed E-state index contributed by atoms with van der Waals surface area (Å²) in [7, 11) is 0. The van der Waals surface area contributed by atoms with E-state index in [-0.39, 0.29) is 23.7 Å². The van der Waals surface area contributed by atoms with Crippen molar-refractivity contribution in [1.29, 1.82) is 0 Å². The Bertz CT molecular complexity index is 1030. The van der Waals surface area contributed by atoms with E-state index in [1.54, 1.807) is 19.1 Å². The van der Waals surface area contributed by atoms with Crippen LogP contribution in [0.3, 0.4) is 0 Å². The molecule has 3 aromatic rings. The Labute approximate surface area is 166 Å². The minimum absolute atomic E-state index is 0.0506. The second-order valence-electron chi connectivity index (χ2n) is 6.44. The van der Waals surface area contributed by atoms with Gasteiger partial charge in [-0.1, -0.05) is 41.6 Å². The fourth-order valence-corrected chi connectivity index (χ4v) is 3.46. The van der Waals surface area contributed by atoms with Crippen molar-refractivity contribution in [2.24, 2.45) is 0 Å². The van der Waals surface area contributed by atoms with E-state index in [1.807, 2.05) is 31.2 Å². The largest absolute Gasteiger partial charge is 0.326 e. The van der Waals surface area contributed by atoms with Gasteiger partial charge in [0, 0.05) is 22.7 Å². The highest BCUT2D eigenvalue weighted by atomic mass is 32.2. The molecule has 144 valence electrons. The van der Waals surface area contributed by atoms with Crippen molar-refractivity contribution in [1.82, 2.24) is 9.97 Å². The van der Waals surface area contributed by atoms with Gasteiger partial charge in [0.2, 0.25) is 5.91 Å². The van der Waals surface area contributed by atoms with Crippen molar-refractivity contribution in [2.75, 3.05) is 5.32 Å². The molecule has 0 radical (unpaired) electrons. The van der Waals surface area contributed by atoms with Crippen molar-refractivity contribution in [3.8, 4) is 0 Å². The van der Waals surface area contributed by atoms with Gasteiger partial charge in [-0.25, -0.2) is 9.37 Å². The smallest absolute Gasteiger partial charge is 0.255 e. The number of carbonyl (C=O) groups excluding carboxylic acids is 1. The number of thioether (sulfide) groups is 1. The van der Waals surface area contributed by atoms with Crippen LogP contribution in [-0.2, 0) is 17.0 Å². The van der Waals surface area contributed by atoms with Crippen LogP contribution in [0.4, 0.5) is 10.1 Å². The summed E-state index contributed by atoms with van der Waals surface area (Å²) in [5, 5.41) is 3.25. The molecule has 0 bridgehead atoms. The average Bonchev–Trinajstić information content (AvgIpc) is 2.66. The predicted molar refractivity (Wildman–Crippen MR) is 109 cm³/mol. The van der Waals surface area contributed by atoms with Crippen LogP contribution in [-0.4, -0.2) is 15.9 Å². The lowest BCUT2D eigenvalue weighted by atomic mass is 10.1. The number of nitrogens with zero attached hydrogens (tertiary/aromatic N) is 1. The molecule has 7 heteroatoms. The van der Waals surface area contributed by atoms with E-state index in [0.717, 1.165) is 11.1 Å². The zero-order chi connectivity index (χ0) is 20.1. The Balaban J connectivity index is 1.65. The number of H-pyrrole nitrogens is 1. The fourth-order valence-electron chi connectivity index (χ4n) is 2.60. The number of hydrogen-bond acceptors (Lipinski definition) is 4. The summed E-state index contributed by atoms with van der Waals surface area (Å²) < 4.78 is 13.0. The summed E-state index contributed by atoms with van der Waals surface area (Å²) in [4.78, 5) is 31.8. The van der Waals surface area contributed by atoms with Crippen molar-refractivity contribution in [3.63, 3.8) is 0 Å². The van der Waals surface area contributed by atoms with Crippen LogP contribution in [0, 0.1) is 19.7 Å². The van der Waals surface area contributed by atoms with E-state index in [1.165, 1.54) is 23.9 Å². The molecule has 1 amide bonds.